The third-order valence-electron chi connectivity index (χ3n) is 5.10. The van der Waals surface area contributed by atoms with E-state index in [2.05, 4.69) is 30.4 Å². The number of fused-ring (bicyclic) bond motifs is 1. The molecule has 2 aliphatic rings. The molecule has 1 saturated heterocycles. The number of aryl methyl sites for hydroxylation is 1. The molecule has 1 unspecified atom stereocenters. The maximum absolute atomic E-state index is 12.7. The second-order valence-electron chi connectivity index (χ2n) is 6.76. The SMILES string of the molecule is CCc1ccc(C2CCCN2C(=O)NCc2ccc3c(c2)COC3)o1. The number of nitrogens with zero attached hydrogens (tertiary/aromatic N) is 1. The van der Waals surface area contributed by atoms with Crippen LogP contribution in [0, 0.1) is 0 Å². The van der Waals surface area contributed by atoms with Crippen LogP contribution in [-0.4, -0.2) is 17.5 Å². The number of urea groups is 1. The van der Waals surface area contributed by atoms with Crippen LogP contribution in [0.4, 0.5) is 4.79 Å². The van der Waals surface area contributed by atoms with Gasteiger partial charge in [-0.2, -0.15) is 0 Å². The first-order valence-electron chi connectivity index (χ1n) is 9.06. The molecule has 0 spiro atoms. The summed E-state index contributed by atoms with van der Waals surface area (Å²) in [5.41, 5.74) is 3.59. The van der Waals surface area contributed by atoms with Crippen LogP contribution < -0.4 is 5.32 Å². The first-order chi connectivity index (χ1) is 12.2. The van der Waals surface area contributed by atoms with Crippen molar-refractivity contribution in [1.82, 2.24) is 10.2 Å². The third kappa shape index (κ3) is 3.29. The molecule has 132 valence electrons. The van der Waals surface area contributed by atoms with E-state index in [1.54, 1.807) is 0 Å². The highest BCUT2D eigenvalue weighted by Gasteiger charge is 2.32. The minimum Gasteiger partial charge on any atom is -0.464 e. The molecule has 2 aliphatic heterocycles. The lowest BCUT2D eigenvalue weighted by Crippen LogP contribution is -2.39. The number of carbonyl (C=O) groups excluding carboxylic acids is 1. The van der Waals surface area contributed by atoms with Crippen LogP contribution in [0.2, 0.25) is 0 Å². The fraction of sp³-hybridized carbons (Fsp3) is 0.450. The minimum atomic E-state index is -0.0197. The molecular weight excluding hydrogens is 316 g/mol. The molecule has 0 radical (unpaired) electrons. The van der Waals surface area contributed by atoms with E-state index in [0.29, 0.717) is 19.8 Å². The first kappa shape index (κ1) is 16.2. The Morgan fingerprint density at radius 1 is 1.24 bits per heavy atom. The Labute approximate surface area is 148 Å². The molecule has 25 heavy (non-hydrogen) atoms. The van der Waals surface area contributed by atoms with Gasteiger partial charge in [-0.3, -0.25) is 0 Å². The average molecular weight is 340 g/mol. The maximum Gasteiger partial charge on any atom is 0.318 e. The highest BCUT2D eigenvalue weighted by Crippen LogP contribution is 2.33. The van der Waals surface area contributed by atoms with Crippen LogP contribution in [0.3, 0.4) is 0 Å². The zero-order chi connectivity index (χ0) is 17.2. The lowest BCUT2D eigenvalue weighted by Gasteiger charge is -2.23. The summed E-state index contributed by atoms with van der Waals surface area (Å²) < 4.78 is 11.3. The number of hydrogen-bond acceptors (Lipinski definition) is 3. The molecule has 1 aromatic heterocycles. The van der Waals surface area contributed by atoms with Gasteiger partial charge in [0.25, 0.3) is 0 Å². The second-order valence-corrected chi connectivity index (χ2v) is 6.76. The van der Waals surface area contributed by atoms with E-state index < -0.39 is 0 Å². The lowest BCUT2D eigenvalue weighted by molar-refractivity contribution is 0.134. The summed E-state index contributed by atoms with van der Waals surface area (Å²) in [5.74, 6) is 1.88. The Hall–Kier alpha value is -2.27. The Balaban J connectivity index is 1.40. The van der Waals surface area contributed by atoms with Crippen molar-refractivity contribution in [2.24, 2.45) is 0 Å². The van der Waals surface area contributed by atoms with E-state index in [1.165, 1.54) is 11.1 Å². The largest absolute Gasteiger partial charge is 0.464 e. The lowest BCUT2D eigenvalue weighted by atomic mass is 10.1. The normalized spacial score (nSPS) is 19.2. The number of rotatable bonds is 4. The van der Waals surface area contributed by atoms with Crippen molar-refractivity contribution in [3.63, 3.8) is 0 Å². The summed E-state index contributed by atoms with van der Waals surface area (Å²) in [4.78, 5) is 14.6. The molecule has 0 saturated carbocycles. The van der Waals surface area contributed by atoms with Gasteiger partial charge in [-0.1, -0.05) is 25.1 Å². The number of likely N-dealkylation sites (tertiary alicyclic amines) is 1. The minimum absolute atomic E-state index is 0.0197. The Morgan fingerprint density at radius 3 is 2.96 bits per heavy atom. The standard InChI is InChI=1S/C20H24N2O3/c1-2-17-7-8-19(25-17)18-4-3-9-22(18)20(23)21-11-14-5-6-15-12-24-13-16(15)10-14/h5-8,10,18H,2-4,9,11-13H2,1H3,(H,21,23). The van der Waals surface area contributed by atoms with Gasteiger partial charge in [-0.15, -0.1) is 0 Å². The molecule has 1 fully saturated rings. The number of furan rings is 1. The van der Waals surface area contributed by atoms with Crippen molar-refractivity contribution < 1.29 is 13.9 Å². The van der Waals surface area contributed by atoms with E-state index in [1.807, 2.05) is 17.0 Å². The predicted octanol–water partition coefficient (Wildman–Crippen LogP) is 3.92. The molecule has 5 heteroatoms. The van der Waals surface area contributed by atoms with Gasteiger partial charge in [0.1, 0.15) is 11.5 Å². The predicted molar refractivity (Wildman–Crippen MR) is 93.9 cm³/mol. The van der Waals surface area contributed by atoms with Crippen molar-refractivity contribution in [2.75, 3.05) is 6.54 Å². The summed E-state index contributed by atoms with van der Waals surface area (Å²) in [7, 11) is 0. The Morgan fingerprint density at radius 2 is 2.12 bits per heavy atom. The van der Waals surface area contributed by atoms with E-state index in [4.69, 9.17) is 9.15 Å². The van der Waals surface area contributed by atoms with Gasteiger partial charge in [0.15, 0.2) is 0 Å². The number of ether oxygens (including phenoxy) is 1. The first-order valence-corrected chi connectivity index (χ1v) is 9.06. The van der Waals surface area contributed by atoms with Gasteiger partial charge in [-0.25, -0.2) is 4.79 Å². The molecule has 2 aromatic rings. The molecule has 2 amide bonds. The van der Waals surface area contributed by atoms with Crippen LogP contribution in [0.5, 0.6) is 0 Å². The number of amides is 2. The highest BCUT2D eigenvalue weighted by molar-refractivity contribution is 5.75. The fourth-order valence-electron chi connectivity index (χ4n) is 3.68. The van der Waals surface area contributed by atoms with Crippen molar-refractivity contribution in [3.8, 4) is 0 Å². The highest BCUT2D eigenvalue weighted by atomic mass is 16.5. The van der Waals surface area contributed by atoms with Crippen LogP contribution in [0.1, 0.15) is 54.0 Å². The molecule has 0 bridgehead atoms. The molecular formula is C20H24N2O3. The quantitative estimate of drug-likeness (QED) is 0.918. The van der Waals surface area contributed by atoms with Crippen molar-refractivity contribution in [2.45, 2.75) is 52.0 Å². The molecule has 4 rings (SSSR count). The Bertz CT molecular complexity index is 768. The zero-order valence-corrected chi connectivity index (χ0v) is 14.6. The Kier molecular flexibility index (Phi) is 4.49. The van der Waals surface area contributed by atoms with Gasteiger partial charge < -0.3 is 19.4 Å². The number of carbonyl (C=O) groups is 1. The van der Waals surface area contributed by atoms with Gasteiger partial charge in [0, 0.05) is 19.5 Å². The molecule has 1 N–H and O–H groups in total. The van der Waals surface area contributed by atoms with Gasteiger partial charge in [-0.05, 0) is 41.7 Å². The summed E-state index contributed by atoms with van der Waals surface area (Å²) in [6, 6.07) is 10.3. The summed E-state index contributed by atoms with van der Waals surface area (Å²) in [6.45, 7) is 4.75. The van der Waals surface area contributed by atoms with Crippen LogP contribution in [0.25, 0.3) is 0 Å². The monoisotopic (exact) mass is 340 g/mol. The molecule has 5 nitrogen and oxygen atoms in total. The van der Waals surface area contributed by atoms with Crippen LogP contribution in [-0.2, 0) is 30.9 Å². The van der Waals surface area contributed by atoms with Gasteiger partial charge in [0.2, 0.25) is 0 Å². The number of benzene rings is 1. The van der Waals surface area contributed by atoms with Crippen molar-refractivity contribution in [3.05, 3.63) is 58.5 Å². The van der Waals surface area contributed by atoms with Crippen molar-refractivity contribution >= 4 is 6.03 Å². The zero-order valence-electron chi connectivity index (χ0n) is 14.6. The number of hydrogen-bond donors (Lipinski definition) is 1. The maximum atomic E-state index is 12.7. The second kappa shape index (κ2) is 6.92. The average Bonchev–Trinajstić information content (AvgIpc) is 3.38. The van der Waals surface area contributed by atoms with E-state index >= 15 is 0 Å². The smallest absolute Gasteiger partial charge is 0.318 e. The van der Waals surface area contributed by atoms with E-state index in [-0.39, 0.29) is 12.1 Å². The molecule has 1 aromatic carbocycles. The summed E-state index contributed by atoms with van der Waals surface area (Å²) in [6.07, 6.45) is 2.84. The van der Waals surface area contributed by atoms with E-state index in [9.17, 15) is 4.79 Å². The van der Waals surface area contributed by atoms with E-state index in [0.717, 1.165) is 42.9 Å². The number of nitrogens with one attached hydrogen (secondary N) is 1. The molecule has 1 atom stereocenters. The van der Waals surface area contributed by atoms with Crippen LogP contribution >= 0.6 is 0 Å². The fourth-order valence-corrected chi connectivity index (χ4v) is 3.68. The topological polar surface area (TPSA) is 54.7 Å². The van der Waals surface area contributed by atoms with Crippen LogP contribution in [0.15, 0.2) is 34.7 Å². The summed E-state index contributed by atoms with van der Waals surface area (Å²) in [5, 5.41) is 3.06. The van der Waals surface area contributed by atoms with Gasteiger partial charge >= 0.3 is 6.03 Å². The molecule has 0 aliphatic carbocycles. The molecule has 3 heterocycles. The summed E-state index contributed by atoms with van der Waals surface area (Å²) >= 11 is 0. The van der Waals surface area contributed by atoms with Gasteiger partial charge in [0.05, 0.1) is 19.3 Å². The van der Waals surface area contributed by atoms with Crippen molar-refractivity contribution in [1.29, 1.82) is 0 Å². The third-order valence-corrected chi connectivity index (χ3v) is 5.10.